The number of ether oxygens (including phenoxy) is 1. The zero-order chi connectivity index (χ0) is 13.6. The molecule has 1 unspecified atom stereocenters. The van der Waals surface area contributed by atoms with Gasteiger partial charge in [0.15, 0.2) is 0 Å². The van der Waals surface area contributed by atoms with Gasteiger partial charge in [-0.05, 0) is 13.0 Å². The van der Waals surface area contributed by atoms with E-state index >= 15 is 0 Å². The highest BCUT2D eigenvalue weighted by molar-refractivity contribution is 6.83. The van der Waals surface area contributed by atoms with Gasteiger partial charge in [0.05, 0.1) is 14.2 Å². The summed E-state index contributed by atoms with van der Waals surface area (Å²) in [5.41, 5.74) is 2.03. The van der Waals surface area contributed by atoms with E-state index in [1.165, 1.54) is 0 Å². The van der Waals surface area contributed by atoms with Gasteiger partial charge >= 0.3 is 0 Å². The number of halogens is 1. The third-order valence-electron chi connectivity index (χ3n) is 4.38. The molecule has 0 rings (SSSR count). The van der Waals surface area contributed by atoms with E-state index in [0.717, 1.165) is 6.04 Å². The molecule has 0 aromatic carbocycles. The van der Waals surface area contributed by atoms with Crippen molar-refractivity contribution < 1.29 is 9.13 Å². The maximum Gasteiger partial charge on any atom is 0.115 e. The van der Waals surface area contributed by atoms with Gasteiger partial charge in [0.25, 0.3) is 0 Å². The van der Waals surface area contributed by atoms with Crippen LogP contribution in [0.5, 0.6) is 0 Å². The van der Waals surface area contributed by atoms with E-state index in [1.54, 1.807) is 0 Å². The third-order valence-corrected chi connectivity index (χ3v) is 12.0. The SMILES string of the molecule is CCOC(CF)C[Si](C(C)C)(C(C)C)C(C)C. The van der Waals surface area contributed by atoms with Crippen LogP contribution >= 0.6 is 0 Å². The molecule has 1 atom stereocenters. The largest absolute Gasteiger partial charge is 0.376 e. The Morgan fingerprint density at radius 2 is 1.35 bits per heavy atom. The lowest BCUT2D eigenvalue weighted by Gasteiger charge is -2.44. The van der Waals surface area contributed by atoms with Gasteiger partial charge in [-0.25, -0.2) is 4.39 Å². The Morgan fingerprint density at radius 3 is 1.59 bits per heavy atom. The first kappa shape index (κ1) is 17.1. The van der Waals surface area contributed by atoms with Crippen molar-refractivity contribution in [1.82, 2.24) is 0 Å². The molecule has 0 aliphatic rings. The first-order valence-corrected chi connectivity index (χ1v) is 9.44. The van der Waals surface area contributed by atoms with Crippen LogP contribution < -0.4 is 0 Å². The second kappa shape index (κ2) is 7.52. The van der Waals surface area contributed by atoms with E-state index in [9.17, 15) is 4.39 Å². The van der Waals surface area contributed by atoms with Crippen LogP contribution in [0.1, 0.15) is 48.5 Å². The third kappa shape index (κ3) is 4.06. The summed E-state index contributed by atoms with van der Waals surface area (Å²) in [7, 11) is -1.51. The molecule has 0 saturated heterocycles. The summed E-state index contributed by atoms with van der Waals surface area (Å²) in [4.78, 5) is 0. The predicted octanol–water partition coefficient (Wildman–Crippen LogP) is 5.04. The van der Waals surface area contributed by atoms with Crippen LogP contribution in [-0.2, 0) is 4.74 Å². The van der Waals surface area contributed by atoms with Crippen LogP contribution in [0.25, 0.3) is 0 Å². The monoisotopic (exact) mass is 262 g/mol. The molecule has 0 fully saturated rings. The summed E-state index contributed by atoms with van der Waals surface area (Å²) in [5.74, 6) is 0. The minimum Gasteiger partial charge on any atom is -0.376 e. The second-order valence-corrected chi connectivity index (χ2v) is 12.1. The number of hydrogen-bond donors (Lipinski definition) is 0. The first-order chi connectivity index (χ1) is 7.82. The van der Waals surface area contributed by atoms with Crippen LogP contribution in [-0.4, -0.2) is 27.5 Å². The van der Waals surface area contributed by atoms with Crippen LogP contribution in [0.3, 0.4) is 0 Å². The predicted molar refractivity (Wildman–Crippen MR) is 77.2 cm³/mol. The maximum absolute atomic E-state index is 13.1. The molecule has 3 heteroatoms. The molecule has 0 aromatic rings. The van der Waals surface area contributed by atoms with E-state index in [4.69, 9.17) is 4.74 Å². The van der Waals surface area contributed by atoms with Crippen LogP contribution in [0.15, 0.2) is 0 Å². The van der Waals surface area contributed by atoms with Crippen molar-refractivity contribution >= 4 is 8.07 Å². The van der Waals surface area contributed by atoms with Gasteiger partial charge in [-0.1, -0.05) is 58.2 Å². The summed E-state index contributed by atoms with van der Waals surface area (Å²) in [6, 6.07) is 0.963. The zero-order valence-electron chi connectivity index (χ0n) is 12.7. The highest BCUT2D eigenvalue weighted by Crippen LogP contribution is 2.45. The van der Waals surface area contributed by atoms with E-state index < -0.39 is 8.07 Å². The quantitative estimate of drug-likeness (QED) is 0.557. The second-order valence-electron chi connectivity index (χ2n) is 6.01. The standard InChI is InChI=1S/C14H31FOSi/c1-8-16-14(9-15)10-17(11(2)3,12(4)5)13(6)7/h11-14H,8-10H2,1-7H3. The highest BCUT2D eigenvalue weighted by atomic mass is 28.3. The highest BCUT2D eigenvalue weighted by Gasteiger charge is 2.44. The minimum atomic E-state index is -1.51. The van der Waals surface area contributed by atoms with Crippen molar-refractivity contribution in [1.29, 1.82) is 0 Å². The number of hydrogen-bond acceptors (Lipinski definition) is 1. The molecule has 0 heterocycles. The fraction of sp³-hybridized carbons (Fsp3) is 1.00. The van der Waals surface area contributed by atoms with Gasteiger partial charge in [0.2, 0.25) is 0 Å². The van der Waals surface area contributed by atoms with E-state index in [0.29, 0.717) is 23.2 Å². The van der Waals surface area contributed by atoms with Crippen molar-refractivity contribution in [3.8, 4) is 0 Å². The number of rotatable bonds is 8. The summed E-state index contributed by atoms with van der Waals surface area (Å²) in [5, 5.41) is 0. The molecule has 0 amide bonds. The summed E-state index contributed by atoms with van der Waals surface area (Å²) in [6.07, 6.45) is -0.182. The molecule has 0 radical (unpaired) electrons. The normalized spacial score (nSPS) is 15.0. The molecule has 0 saturated carbocycles. The molecule has 1 nitrogen and oxygen atoms in total. The molecule has 0 aromatic heterocycles. The smallest absolute Gasteiger partial charge is 0.115 e. The van der Waals surface area contributed by atoms with Crippen molar-refractivity contribution in [2.75, 3.05) is 13.3 Å². The van der Waals surface area contributed by atoms with Crippen molar-refractivity contribution in [3.05, 3.63) is 0 Å². The lowest BCUT2D eigenvalue weighted by Crippen LogP contribution is -2.47. The van der Waals surface area contributed by atoms with Crippen molar-refractivity contribution in [3.63, 3.8) is 0 Å². The fourth-order valence-electron chi connectivity index (χ4n) is 3.50. The molecule has 104 valence electrons. The van der Waals surface area contributed by atoms with Crippen molar-refractivity contribution in [2.45, 2.75) is 77.2 Å². The molecular weight excluding hydrogens is 231 g/mol. The van der Waals surface area contributed by atoms with Gasteiger partial charge in [-0.3, -0.25) is 0 Å². The Labute approximate surface area is 108 Å². The Bertz CT molecular complexity index is 183. The molecule has 0 bridgehead atoms. The molecule has 0 aliphatic heterocycles. The van der Waals surface area contributed by atoms with Crippen LogP contribution in [0, 0.1) is 0 Å². The Hall–Kier alpha value is 0.107. The Kier molecular flexibility index (Phi) is 7.57. The van der Waals surface area contributed by atoms with Gasteiger partial charge in [-0.15, -0.1) is 0 Å². The van der Waals surface area contributed by atoms with E-state index in [2.05, 4.69) is 41.5 Å². The summed E-state index contributed by atoms with van der Waals surface area (Å²) < 4.78 is 18.6. The zero-order valence-corrected chi connectivity index (χ0v) is 13.7. The molecule has 17 heavy (non-hydrogen) atoms. The van der Waals surface area contributed by atoms with E-state index in [1.807, 2.05) is 6.92 Å². The fourth-order valence-corrected chi connectivity index (χ4v) is 9.93. The lowest BCUT2D eigenvalue weighted by molar-refractivity contribution is 0.0558. The molecule has 0 spiro atoms. The summed E-state index contributed by atoms with van der Waals surface area (Å²) in [6.45, 7) is 16.1. The average molecular weight is 262 g/mol. The molecular formula is C14H31FOSi. The van der Waals surface area contributed by atoms with Gasteiger partial charge in [-0.2, -0.15) is 0 Å². The minimum absolute atomic E-state index is 0.182. The first-order valence-electron chi connectivity index (χ1n) is 7.00. The van der Waals surface area contributed by atoms with Gasteiger partial charge in [0.1, 0.15) is 6.67 Å². The summed E-state index contributed by atoms with van der Waals surface area (Å²) >= 11 is 0. The maximum atomic E-state index is 13.1. The van der Waals surface area contributed by atoms with Crippen LogP contribution in [0.4, 0.5) is 4.39 Å². The Balaban J connectivity index is 5.02. The van der Waals surface area contributed by atoms with Gasteiger partial charge in [0, 0.05) is 6.61 Å². The van der Waals surface area contributed by atoms with Crippen molar-refractivity contribution in [2.24, 2.45) is 0 Å². The van der Waals surface area contributed by atoms with Crippen LogP contribution in [0.2, 0.25) is 22.7 Å². The average Bonchev–Trinajstić information content (AvgIpc) is 2.22. The van der Waals surface area contributed by atoms with E-state index in [-0.39, 0.29) is 12.8 Å². The molecule has 0 N–H and O–H groups in total. The molecule has 0 aliphatic carbocycles. The topological polar surface area (TPSA) is 9.23 Å². The number of alkyl halides is 1. The Morgan fingerprint density at radius 1 is 0.941 bits per heavy atom. The van der Waals surface area contributed by atoms with Gasteiger partial charge < -0.3 is 4.74 Å². The lowest BCUT2D eigenvalue weighted by atomic mass is 10.4.